The highest BCUT2D eigenvalue weighted by Gasteiger charge is 2.36. The molecule has 2 aromatic rings. The Kier molecular flexibility index (Phi) is 11.9. The lowest BCUT2D eigenvalue weighted by Gasteiger charge is -2.41. The molecule has 1 aromatic carbocycles. The zero-order valence-electron chi connectivity index (χ0n) is 28.0. The molecule has 252 valence electrons. The number of piperazine rings is 1. The van der Waals surface area contributed by atoms with E-state index in [4.69, 9.17) is 0 Å². The van der Waals surface area contributed by atoms with E-state index in [9.17, 15) is 19.2 Å². The topological polar surface area (TPSA) is 129 Å². The molecule has 4 rings (SSSR count). The van der Waals surface area contributed by atoms with Crippen LogP contribution < -0.4 is 16.0 Å². The Bertz CT molecular complexity index is 1390. The monoisotopic (exact) mass is 639 g/mol. The summed E-state index contributed by atoms with van der Waals surface area (Å²) in [5, 5.41) is 12.7. The van der Waals surface area contributed by atoms with Crippen molar-refractivity contribution in [1.82, 2.24) is 30.2 Å². The maximum Gasteiger partial charge on any atom is 0.270 e. The van der Waals surface area contributed by atoms with Crippen molar-refractivity contribution in [3.63, 3.8) is 0 Å². The van der Waals surface area contributed by atoms with Crippen LogP contribution in [0.2, 0.25) is 0 Å². The fraction of sp³-hybridized carbons (Fsp3) is 0.618. The number of halogens is 1. The molecule has 2 fully saturated rings. The van der Waals surface area contributed by atoms with Crippen molar-refractivity contribution in [2.45, 2.75) is 97.3 Å². The van der Waals surface area contributed by atoms with E-state index < -0.39 is 35.6 Å². The molecule has 4 amide bonds. The first-order chi connectivity index (χ1) is 21.9. The molecule has 0 radical (unpaired) electrons. The quantitative estimate of drug-likeness (QED) is 0.344. The summed E-state index contributed by atoms with van der Waals surface area (Å²) in [6.45, 7) is 12.1. The minimum Gasteiger partial charge on any atom is -0.344 e. The van der Waals surface area contributed by atoms with Crippen molar-refractivity contribution in [2.75, 3.05) is 32.0 Å². The first kappa shape index (κ1) is 35.1. The van der Waals surface area contributed by atoms with Crippen LogP contribution in [0.25, 0.3) is 0 Å². The van der Waals surface area contributed by atoms with Gasteiger partial charge in [-0.05, 0) is 69.3 Å². The van der Waals surface area contributed by atoms with E-state index in [1.54, 1.807) is 41.8 Å². The fourth-order valence-electron chi connectivity index (χ4n) is 6.65. The van der Waals surface area contributed by atoms with Crippen LogP contribution in [-0.4, -0.2) is 88.0 Å². The van der Waals surface area contributed by atoms with E-state index in [1.165, 1.54) is 12.1 Å². The molecule has 0 unspecified atom stereocenters. The summed E-state index contributed by atoms with van der Waals surface area (Å²) in [7, 11) is 2.01. The van der Waals surface area contributed by atoms with Crippen molar-refractivity contribution >= 4 is 29.3 Å². The van der Waals surface area contributed by atoms with Gasteiger partial charge in [0.15, 0.2) is 0 Å². The number of amides is 4. The number of hydrogen-bond donors (Lipinski definition) is 3. The third-order valence-corrected chi connectivity index (χ3v) is 9.64. The molecule has 12 heteroatoms. The van der Waals surface area contributed by atoms with Crippen LogP contribution in [0, 0.1) is 17.7 Å². The van der Waals surface area contributed by atoms with Gasteiger partial charge in [0.2, 0.25) is 17.7 Å². The average Bonchev–Trinajstić information content (AvgIpc) is 3.52. The number of hydrogen-bond acceptors (Lipinski definition) is 6. The zero-order valence-corrected chi connectivity index (χ0v) is 28.0. The molecule has 3 N–H and O–H groups in total. The van der Waals surface area contributed by atoms with Gasteiger partial charge in [-0.15, -0.1) is 0 Å². The Hall–Kier alpha value is -3.80. The number of carbonyl (C=O) groups excluding carboxylic acids is 4. The summed E-state index contributed by atoms with van der Waals surface area (Å²) in [6.07, 6.45) is 5.20. The van der Waals surface area contributed by atoms with E-state index in [0.717, 1.165) is 38.8 Å². The van der Waals surface area contributed by atoms with Crippen molar-refractivity contribution < 1.29 is 23.6 Å². The van der Waals surface area contributed by atoms with E-state index >= 15 is 4.39 Å². The standard InChI is InChI=1S/C34H50FN7O4/c1-7-29(43)38-30(34(46)41-18-17-40(6)20-22(41)4)23(5)25-13-14-27(26(35)19-25)37-33(45)31(24-11-9-21(3)10-12-24)39-32(44)28-15-16-36-42(28)8-2/h13-16,19,21-24,30-31H,7-12,17-18,20H2,1-6H3,(H,37,45)(H,38,43)(H,39,44)/t21?,22-,23+,24?,30-,31+/m1/s1. The maximum atomic E-state index is 15.7. The Morgan fingerprint density at radius 2 is 1.74 bits per heavy atom. The average molecular weight is 640 g/mol. The normalized spacial score (nSPS) is 22.4. The highest BCUT2D eigenvalue weighted by molar-refractivity contribution is 6.00. The summed E-state index contributed by atoms with van der Waals surface area (Å²) in [6, 6.07) is 4.32. The molecule has 1 saturated heterocycles. The van der Waals surface area contributed by atoms with Gasteiger partial charge in [0.1, 0.15) is 23.6 Å². The van der Waals surface area contributed by atoms with Crippen molar-refractivity contribution in [3.05, 3.63) is 47.5 Å². The maximum absolute atomic E-state index is 15.7. The number of rotatable bonds is 11. The lowest BCUT2D eigenvalue weighted by Crippen LogP contribution is -2.59. The molecule has 11 nitrogen and oxygen atoms in total. The van der Waals surface area contributed by atoms with Gasteiger partial charge in [-0.25, -0.2) is 4.39 Å². The van der Waals surface area contributed by atoms with E-state index in [-0.39, 0.29) is 35.9 Å². The number of aromatic nitrogens is 2. The van der Waals surface area contributed by atoms with Crippen LogP contribution in [0.5, 0.6) is 0 Å². The lowest BCUT2D eigenvalue weighted by molar-refractivity contribution is -0.140. The van der Waals surface area contributed by atoms with Crippen molar-refractivity contribution in [1.29, 1.82) is 0 Å². The third kappa shape index (κ3) is 8.31. The summed E-state index contributed by atoms with van der Waals surface area (Å²) in [5.41, 5.74) is 0.862. The summed E-state index contributed by atoms with van der Waals surface area (Å²) >= 11 is 0. The number of anilines is 1. The predicted octanol–water partition coefficient (Wildman–Crippen LogP) is 3.77. The molecule has 0 spiro atoms. The number of benzene rings is 1. The lowest BCUT2D eigenvalue weighted by atomic mass is 9.79. The highest BCUT2D eigenvalue weighted by atomic mass is 19.1. The fourth-order valence-corrected chi connectivity index (χ4v) is 6.65. The Morgan fingerprint density at radius 3 is 2.37 bits per heavy atom. The molecule has 2 aliphatic rings. The SMILES string of the molecule is CCC(=O)N[C@@H](C(=O)N1CCN(C)C[C@H]1C)[C@@H](C)c1ccc(NC(=O)[C@@H](NC(=O)c2ccnn2CC)C2CCC(C)CC2)c(F)c1. The van der Waals surface area contributed by atoms with Gasteiger partial charge in [0.05, 0.1) is 5.69 Å². The molecular formula is C34H50FN7O4. The molecule has 1 saturated carbocycles. The second-order valence-corrected chi connectivity index (χ2v) is 13.1. The summed E-state index contributed by atoms with van der Waals surface area (Å²) < 4.78 is 17.2. The van der Waals surface area contributed by atoms with Gasteiger partial charge in [0, 0.05) is 50.8 Å². The Labute approximate surface area is 271 Å². The zero-order chi connectivity index (χ0) is 33.5. The van der Waals surface area contributed by atoms with Gasteiger partial charge in [-0.2, -0.15) is 5.10 Å². The van der Waals surface area contributed by atoms with Crippen LogP contribution in [0.4, 0.5) is 10.1 Å². The van der Waals surface area contributed by atoms with Crippen LogP contribution in [0.15, 0.2) is 30.5 Å². The molecule has 1 aromatic heterocycles. The second-order valence-electron chi connectivity index (χ2n) is 13.1. The smallest absolute Gasteiger partial charge is 0.270 e. The van der Waals surface area contributed by atoms with E-state index in [1.807, 2.05) is 20.9 Å². The molecule has 0 bridgehead atoms. The Morgan fingerprint density at radius 1 is 1.02 bits per heavy atom. The third-order valence-electron chi connectivity index (χ3n) is 9.64. The summed E-state index contributed by atoms with van der Waals surface area (Å²) in [4.78, 5) is 57.1. The highest BCUT2D eigenvalue weighted by Crippen LogP contribution is 2.32. The molecular weight excluding hydrogens is 589 g/mol. The molecule has 46 heavy (non-hydrogen) atoms. The molecule has 1 aliphatic carbocycles. The minimum atomic E-state index is -0.872. The minimum absolute atomic E-state index is 0.0175. The van der Waals surface area contributed by atoms with Gasteiger partial charge >= 0.3 is 0 Å². The van der Waals surface area contributed by atoms with Gasteiger partial charge in [0.25, 0.3) is 5.91 Å². The first-order valence-electron chi connectivity index (χ1n) is 16.6. The number of nitrogens with zero attached hydrogens (tertiary/aromatic N) is 4. The predicted molar refractivity (Wildman–Crippen MR) is 175 cm³/mol. The van der Waals surface area contributed by atoms with Crippen LogP contribution in [0.3, 0.4) is 0 Å². The van der Waals surface area contributed by atoms with E-state index in [2.05, 4.69) is 32.9 Å². The molecule has 2 heterocycles. The number of nitrogens with one attached hydrogen (secondary N) is 3. The van der Waals surface area contributed by atoms with Crippen LogP contribution >= 0.6 is 0 Å². The second kappa shape index (κ2) is 15.7. The Balaban J connectivity index is 1.53. The van der Waals surface area contributed by atoms with Crippen molar-refractivity contribution in [3.8, 4) is 0 Å². The number of carbonyl (C=O) groups is 4. The molecule has 1 aliphatic heterocycles. The number of aryl methyl sites for hydroxylation is 1. The van der Waals surface area contributed by atoms with E-state index in [0.29, 0.717) is 30.3 Å². The largest absolute Gasteiger partial charge is 0.344 e. The number of likely N-dealkylation sites (N-methyl/N-ethyl adjacent to an activating group) is 1. The summed E-state index contributed by atoms with van der Waals surface area (Å²) in [5.74, 6) is -2.09. The molecule has 4 atom stereocenters. The van der Waals surface area contributed by atoms with Gasteiger partial charge in [-0.1, -0.05) is 39.7 Å². The van der Waals surface area contributed by atoms with Crippen LogP contribution in [-0.2, 0) is 20.9 Å². The van der Waals surface area contributed by atoms with Gasteiger partial charge < -0.3 is 25.8 Å². The van der Waals surface area contributed by atoms with Crippen LogP contribution in [0.1, 0.15) is 88.7 Å². The first-order valence-corrected chi connectivity index (χ1v) is 16.6. The van der Waals surface area contributed by atoms with Gasteiger partial charge in [-0.3, -0.25) is 23.9 Å². The van der Waals surface area contributed by atoms with Crippen molar-refractivity contribution in [2.24, 2.45) is 11.8 Å².